The first-order valence-electron chi connectivity index (χ1n) is 7.05. The highest BCUT2D eigenvalue weighted by Crippen LogP contribution is 2.41. The van der Waals surface area contributed by atoms with E-state index in [4.69, 9.17) is 4.42 Å². The molecule has 3 aromatic rings. The summed E-state index contributed by atoms with van der Waals surface area (Å²) in [7, 11) is 0. The molecule has 20 heavy (non-hydrogen) atoms. The lowest BCUT2D eigenvalue weighted by Crippen LogP contribution is -2.19. The van der Waals surface area contributed by atoms with Crippen LogP contribution in [0.3, 0.4) is 0 Å². The molecule has 2 atom stereocenters. The van der Waals surface area contributed by atoms with Crippen molar-refractivity contribution in [3.8, 4) is 0 Å². The van der Waals surface area contributed by atoms with Crippen LogP contribution in [0.4, 0.5) is 0 Å². The summed E-state index contributed by atoms with van der Waals surface area (Å²) in [5.74, 6) is 0.467. The van der Waals surface area contributed by atoms with Crippen molar-refractivity contribution >= 4 is 11.0 Å². The van der Waals surface area contributed by atoms with Crippen molar-refractivity contribution < 1.29 is 9.52 Å². The number of hydrogen-bond acceptors (Lipinski definition) is 2. The molecule has 2 aromatic carbocycles. The first kappa shape index (κ1) is 11.7. The lowest BCUT2D eigenvalue weighted by Gasteiger charge is -2.31. The van der Waals surface area contributed by atoms with Crippen LogP contribution in [-0.2, 0) is 6.42 Å². The van der Waals surface area contributed by atoms with Gasteiger partial charge in [-0.15, -0.1) is 0 Å². The van der Waals surface area contributed by atoms with Gasteiger partial charge in [0.05, 0.1) is 12.4 Å². The van der Waals surface area contributed by atoms with Gasteiger partial charge in [-0.25, -0.2) is 0 Å². The van der Waals surface area contributed by atoms with Gasteiger partial charge in [-0.2, -0.15) is 0 Å². The number of para-hydroxylation sites is 1. The molecule has 1 N–H and O–H groups in total. The van der Waals surface area contributed by atoms with Crippen LogP contribution in [0, 0.1) is 0 Å². The second-order valence-electron chi connectivity index (χ2n) is 5.54. The fourth-order valence-electron chi connectivity index (χ4n) is 3.23. The molecule has 0 radical (unpaired) electrons. The van der Waals surface area contributed by atoms with Crippen molar-refractivity contribution in [2.24, 2.45) is 0 Å². The summed E-state index contributed by atoms with van der Waals surface area (Å²) in [6, 6.07) is 16.4. The smallest absolute Gasteiger partial charge is 0.134 e. The molecule has 0 bridgehead atoms. The van der Waals surface area contributed by atoms with E-state index in [1.165, 1.54) is 11.1 Å². The van der Waals surface area contributed by atoms with Gasteiger partial charge in [0.1, 0.15) is 5.58 Å². The number of aliphatic hydroxyl groups excluding tert-OH is 1. The number of hydrogen-bond donors (Lipinski definition) is 1. The molecule has 2 heteroatoms. The maximum atomic E-state index is 10.5. The number of benzene rings is 2. The topological polar surface area (TPSA) is 33.4 Å². The fourth-order valence-corrected chi connectivity index (χ4v) is 3.23. The van der Waals surface area contributed by atoms with Gasteiger partial charge in [0, 0.05) is 10.9 Å². The van der Waals surface area contributed by atoms with E-state index in [2.05, 4.69) is 24.3 Å². The van der Waals surface area contributed by atoms with Gasteiger partial charge in [-0.3, -0.25) is 0 Å². The molecule has 100 valence electrons. The monoisotopic (exact) mass is 264 g/mol. The number of aliphatic hydroxyl groups is 1. The van der Waals surface area contributed by atoms with Crippen molar-refractivity contribution in [2.45, 2.75) is 24.9 Å². The second-order valence-corrected chi connectivity index (χ2v) is 5.54. The molecule has 0 saturated heterocycles. The Labute approximate surface area is 117 Å². The molecule has 2 nitrogen and oxygen atoms in total. The Morgan fingerprint density at radius 1 is 1.10 bits per heavy atom. The van der Waals surface area contributed by atoms with E-state index in [1.807, 2.05) is 24.3 Å². The Morgan fingerprint density at radius 3 is 2.80 bits per heavy atom. The molecule has 2 unspecified atom stereocenters. The standard InChI is InChI=1S/C18H16O2/c19-17(10-13-9-12-5-1-2-6-14(12)13)16-11-20-18-8-4-3-7-15(16)18/h1-8,11,13,17,19H,9-10H2. The Balaban J connectivity index is 1.58. The van der Waals surface area contributed by atoms with E-state index in [1.54, 1.807) is 6.26 Å². The van der Waals surface area contributed by atoms with E-state index >= 15 is 0 Å². The van der Waals surface area contributed by atoms with Gasteiger partial charge >= 0.3 is 0 Å². The molecular formula is C18H16O2. The summed E-state index contributed by atoms with van der Waals surface area (Å²) in [5, 5.41) is 11.5. The first-order chi connectivity index (χ1) is 9.83. The maximum Gasteiger partial charge on any atom is 0.134 e. The highest BCUT2D eigenvalue weighted by Gasteiger charge is 2.28. The average Bonchev–Trinajstić information content (AvgIpc) is 2.88. The molecule has 0 spiro atoms. The highest BCUT2D eigenvalue weighted by atomic mass is 16.3. The average molecular weight is 264 g/mol. The van der Waals surface area contributed by atoms with E-state index < -0.39 is 6.10 Å². The number of furan rings is 1. The van der Waals surface area contributed by atoms with Crippen LogP contribution in [0.15, 0.2) is 59.2 Å². The molecule has 1 heterocycles. The highest BCUT2D eigenvalue weighted by molar-refractivity contribution is 5.81. The van der Waals surface area contributed by atoms with Gasteiger partial charge in [-0.1, -0.05) is 42.5 Å². The van der Waals surface area contributed by atoms with Crippen molar-refractivity contribution in [3.63, 3.8) is 0 Å². The van der Waals surface area contributed by atoms with Crippen LogP contribution in [0.25, 0.3) is 11.0 Å². The minimum Gasteiger partial charge on any atom is -0.464 e. The zero-order chi connectivity index (χ0) is 13.5. The Bertz CT molecular complexity index is 757. The van der Waals surface area contributed by atoms with Crippen molar-refractivity contribution in [1.29, 1.82) is 0 Å². The third-order valence-electron chi connectivity index (χ3n) is 4.34. The normalized spacial score (nSPS) is 18.6. The molecule has 0 fully saturated rings. The molecule has 0 aliphatic heterocycles. The van der Waals surface area contributed by atoms with Crippen LogP contribution in [0.1, 0.15) is 35.1 Å². The minimum atomic E-state index is -0.461. The second kappa shape index (κ2) is 4.50. The molecule has 4 rings (SSSR count). The van der Waals surface area contributed by atoms with E-state index in [9.17, 15) is 5.11 Å². The van der Waals surface area contributed by atoms with Gasteiger partial charge in [-0.05, 0) is 36.0 Å². The van der Waals surface area contributed by atoms with Crippen molar-refractivity contribution in [3.05, 3.63) is 71.5 Å². The molecule has 1 aromatic heterocycles. The molecule has 1 aliphatic carbocycles. The Morgan fingerprint density at radius 2 is 1.90 bits per heavy atom. The molecular weight excluding hydrogens is 248 g/mol. The Kier molecular flexibility index (Phi) is 2.64. The third-order valence-corrected chi connectivity index (χ3v) is 4.34. The van der Waals surface area contributed by atoms with Crippen molar-refractivity contribution in [2.75, 3.05) is 0 Å². The summed E-state index contributed by atoms with van der Waals surface area (Å²) in [6.45, 7) is 0. The lowest BCUT2D eigenvalue weighted by atomic mass is 9.74. The quantitative estimate of drug-likeness (QED) is 0.769. The lowest BCUT2D eigenvalue weighted by molar-refractivity contribution is 0.154. The van der Waals surface area contributed by atoms with Gasteiger partial charge in [0.25, 0.3) is 0 Å². The van der Waals surface area contributed by atoms with Crippen molar-refractivity contribution in [1.82, 2.24) is 0 Å². The van der Waals surface area contributed by atoms with E-state index in [-0.39, 0.29) is 0 Å². The summed E-state index contributed by atoms with van der Waals surface area (Å²) in [5.41, 5.74) is 4.56. The SMILES string of the molecule is OC(CC1Cc2ccccc21)c1coc2ccccc12. The summed E-state index contributed by atoms with van der Waals surface area (Å²) < 4.78 is 5.51. The maximum absolute atomic E-state index is 10.5. The predicted molar refractivity (Wildman–Crippen MR) is 78.7 cm³/mol. The van der Waals surface area contributed by atoms with Gasteiger partial charge in [0.2, 0.25) is 0 Å². The van der Waals surface area contributed by atoms with Crippen LogP contribution < -0.4 is 0 Å². The third kappa shape index (κ3) is 1.76. The summed E-state index contributed by atoms with van der Waals surface area (Å²) in [6.07, 6.45) is 3.07. The fraction of sp³-hybridized carbons (Fsp3) is 0.222. The molecule has 0 saturated carbocycles. The summed E-state index contributed by atoms with van der Waals surface area (Å²) in [4.78, 5) is 0. The number of fused-ring (bicyclic) bond motifs is 2. The minimum absolute atomic E-state index is 0.461. The molecule has 0 amide bonds. The van der Waals surface area contributed by atoms with Crippen LogP contribution in [-0.4, -0.2) is 5.11 Å². The van der Waals surface area contributed by atoms with E-state index in [0.29, 0.717) is 5.92 Å². The van der Waals surface area contributed by atoms with Crippen LogP contribution in [0.2, 0.25) is 0 Å². The summed E-state index contributed by atoms with van der Waals surface area (Å²) >= 11 is 0. The first-order valence-corrected chi connectivity index (χ1v) is 7.05. The Hall–Kier alpha value is -2.06. The molecule has 1 aliphatic rings. The van der Waals surface area contributed by atoms with E-state index in [0.717, 1.165) is 29.4 Å². The zero-order valence-electron chi connectivity index (χ0n) is 11.1. The zero-order valence-corrected chi connectivity index (χ0v) is 11.1. The predicted octanol–water partition coefficient (Wildman–Crippen LogP) is 4.20. The van der Waals surface area contributed by atoms with Crippen LogP contribution in [0.5, 0.6) is 0 Å². The number of rotatable bonds is 3. The van der Waals surface area contributed by atoms with Crippen LogP contribution >= 0.6 is 0 Å². The van der Waals surface area contributed by atoms with Gasteiger partial charge < -0.3 is 9.52 Å². The van der Waals surface area contributed by atoms with Gasteiger partial charge in [0.15, 0.2) is 0 Å². The largest absolute Gasteiger partial charge is 0.464 e.